The molecule has 0 saturated carbocycles. The van der Waals surface area contributed by atoms with Crippen LogP contribution in [-0.4, -0.2) is 43.6 Å². The van der Waals surface area contributed by atoms with E-state index in [0.29, 0.717) is 5.69 Å². The van der Waals surface area contributed by atoms with Crippen molar-refractivity contribution in [3.05, 3.63) is 36.0 Å². The number of para-hydroxylation sites is 1. The summed E-state index contributed by atoms with van der Waals surface area (Å²) in [5, 5.41) is 28.5. The zero-order valence-corrected chi connectivity index (χ0v) is 10.9. The van der Waals surface area contributed by atoms with Gasteiger partial charge in [0.1, 0.15) is 0 Å². The minimum atomic E-state index is -2.46. The number of aliphatic hydroxyl groups is 1. The SMILES string of the molecule is O=C(O)C(=O)CC(O)(Cc1cc2ccccc2[nH]1)C(=O)O. The van der Waals surface area contributed by atoms with Crippen LogP contribution < -0.4 is 0 Å². The molecule has 7 nitrogen and oxygen atoms in total. The molecule has 0 amide bonds. The minimum Gasteiger partial charge on any atom is -0.479 e. The fourth-order valence-corrected chi connectivity index (χ4v) is 2.10. The third-order valence-electron chi connectivity index (χ3n) is 3.16. The van der Waals surface area contributed by atoms with Crippen LogP contribution in [0.2, 0.25) is 0 Å². The molecule has 4 N–H and O–H groups in total. The zero-order chi connectivity index (χ0) is 15.6. The smallest absolute Gasteiger partial charge is 0.372 e. The first kappa shape index (κ1) is 14.7. The number of ketones is 1. The summed E-state index contributed by atoms with van der Waals surface area (Å²) >= 11 is 0. The standard InChI is InChI=1S/C14H13NO6/c16-11(12(17)18)7-14(21,13(19)20)6-9-5-8-3-1-2-4-10(8)15-9/h1-5,15,21H,6-7H2,(H,17,18)(H,19,20). The lowest BCUT2D eigenvalue weighted by atomic mass is 9.91. The van der Waals surface area contributed by atoms with Gasteiger partial charge < -0.3 is 20.3 Å². The maximum atomic E-state index is 11.2. The number of carbonyl (C=O) groups excluding carboxylic acids is 1. The maximum absolute atomic E-state index is 11.2. The summed E-state index contributed by atoms with van der Waals surface area (Å²) in [5.41, 5.74) is -1.31. The average Bonchev–Trinajstić information content (AvgIpc) is 2.79. The van der Waals surface area contributed by atoms with Crippen molar-refractivity contribution in [3.63, 3.8) is 0 Å². The lowest BCUT2D eigenvalue weighted by Crippen LogP contribution is -2.44. The topological polar surface area (TPSA) is 128 Å². The van der Waals surface area contributed by atoms with Gasteiger partial charge in [0.25, 0.3) is 0 Å². The Morgan fingerprint density at radius 2 is 1.81 bits per heavy atom. The number of aliphatic carboxylic acids is 2. The molecule has 0 bridgehead atoms. The molecule has 21 heavy (non-hydrogen) atoms. The van der Waals surface area contributed by atoms with E-state index in [9.17, 15) is 19.5 Å². The molecule has 0 aliphatic carbocycles. The van der Waals surface area contributed by atoms with Crippen LogP contribution >= 0.6 is 0 Å². The minimum absolute atomic E-state index is 0.393. The van der Waals surface area contributed by atoms with Crippen LogP contribution in [0.15, 0.2) is 30.3 Å². The van der Waals surface area contributed by atoms with Crippen molar-refractivity contribution in [1.82, 2.24) is 4.98 Å². The lowest BCUT2D eigenvalue weighted by Gasteiger charge is -2.21. The molecular weight excluding hydrogens is 278 g/mol. The van der Waals surface area contributed by atoms with Crippen molar-refractivity contribution in [1.29, 1.82) is 0 Å². The molecular formula is C14H13NO6. The monoisotopic (exact) mass is 291 g/mol. The number of hydrogen-bond acceptors (Lipinski definition) is 4. The van der Waals surface area contributed by atoms with Crippen LogP contribution in [0.25, 0.3) is 10.9 Å². The van der Waals surface area contributed by atoms with Gasteiger partial charge in [0, 0.05) is 17.6 Å². The van der Waals surface area contributed by atoms with E-state index in [0.717, 1.165) is 10.9 Å². The summed E-state index contributed by atoms with van der Waals surface area (Å²) in [5.74, 6) is -4.77. The maximum Gasteiger partial charge on any atom is 0.372 e. The summed E-state index contributed by atoms with van der Waals surface area (Å²) < 4.78 is 0. The first-order valence-corrected chi connectivity index (χ1v) is 6.10. The number of carboxylic acids is 2. The molecule has 1 atom stereocenters. The van der Waals surface area contributed by atoms with Crippen LogP contribution in [0.4, 0.5) is 0 Å². The summed E-state index contributed by atoms with van der Waals surface area (Å²) in [6, 6.07) is 8.82. The summed E-state index contributed by atoms with van der Waals surface area (Å²) in [4.78, 5) is 35.8. The number of fused-ring (bicyclic) bond motifs is 1. The number of carboxylic acid groups (broad SMARTS) is 2. The van der Waals surface area contributed by atoms with Gasteiger partial charge in [-0.05, 0) is 17.5 Å². The third kappa shape index (κ3) is 3.09. The Bertz CT molecular complexity index is 686. The normalized spacial score (nSPS) is 13.8. The van der Waals surface area contributed by atoms with Crippen LogP contribution in [0.1, 0.15) is 12.1 Å². The molecule has 1 aromatic carbocycles. The Morgan fingerprint density at radius 1 is 1.14 bits per heavy atom. The number of nitrogens with one attached hydrogen (secondary N) is 1. The van der Waals surface area contributed by atoms with Gasteiger partial charge in [0.15, 0.2) is 5.60 Å². The molecule has 0 radical (unpaired) electrons. The van der Waals surface area contributed by atoms with Gasteiger partial charge in [-0.3, -0.25) is 4.79 Å². The molecule has 0 spiro atoms. The van der Waals surface area contributed by atoms with E-state index in [1.54, 1.807) is 30.3 Å². The highest BCUT2D eigenvalue weighted by atomic mass is 16.4. The number of aromatic nitrogens is 1. The summed E-state index contributed by atoms with van der Waals surface area (Å²) in [6.45, 7) is 0. The molecule has 2 aromatic rings. The van der Waals surface area contributed by atoms with Gasteiger partial charge in [-0.1, -0.05) is 18.2 Å². The van der Waals surface area contributed by atoms with Gasteiger partial charge in [-0.2, -0.15) is 0 Å². The number of benzene rings is 1. The molecule has 0 aliphatic rings. The first-order valence-electron chi connectivity index (χ1n) is 6.10. The molecule has 0 saturated heterocycles. The first-order chi connectivity index (χ1) is 9.82. The highest BCUT2D eigenvalue weighted by molar-refractivity contribution is 6.33. The molecule has 0 aliphatic heterocycles. The fraction of sp³-hybridized carbons (Fsp3) is 0.214. The Hall–Kier alpha value is -2.67. The highest BCUT2D eigenvalue weighted by Gasteiger charge is 2.40. The van der Waals surface area contributed by atoms with Gasteiger partial charge in [0.05, 0.1) is 6.42 Å². The molecule has 0 fully saturated rings. The Morgan fingerprint density at radius 3 is 2.38 bits per heavy atom. The predicted octanol–water partition coefficient (Wildman–Crippen LogP) is 0.570. The largest absolute Gasteiger partial charge is 0.479 e. The van der Waals surface area contributed by atoms with Crippen molar-refractivity contribution in [2.75, 3.05) is 0 Å². The van der Waals surface area contributed by atoms with Crippen molar-refractivity contribution in [2.24, 2.45) is 0 Å². The molecule has 1 aromatic heterocycles. The van der Waals surface area contributed by atoms with Crippen molar-refractivity contribution >= 4 is 28.6 Å². The zero-order valence-electron chi connectivity index (χ0n) is 10.9. The second kappa shape index (κ2) is 5.37. The Kier molecular flexibility index (Phi) is 3.77. The van der Waals surface area contributed by atoms with E-state index in [1.807, 2.05) is 0 Å². The second-order valence-electron chi connectivity index (χ2n) is 4.80. The van der Waals surface area contributed by atoms with E-state index in [4.69, 9.17) is 10.2 Å². The number of aromatic amines is 1. The van der Waals surface area contributed by atoms with Crippen LogP contribution in [0.3, 0.4) is 0 Å². The van der Waals surface area contributed by atoms with Crippen LogP contribution in [-0.2, 0) is 20.8 Å². The molecule has 110 valence electrons. The van der Waals surface area contributed by atoms with Crippen molar-refractivity contribution < 1.29 is 29.7 Å². The summed E-state index contributed by atoms with van der Waals surface area (Å²) in [6.07, 6.45) is -1.39. The van der Waals surface area contributed by atoms with Gasteiger partial charge in [-0.25, -0.2) is 9.59 Å². The fourth-order valence-electron chi connectivity index (χ4n) is 2.10. The van der Waals surface area contributed by atoms with Gasteiger partial charge in [0.2, 0.25) is 5.78 Å². The lowest BCUT2D eigenvalue weighted by molar-refractivity contribution is -0.163. The second-order valence-corrected chi connectivity index (χ2v) is 4.80. The third-order valence-corrected chi connectivity index (χ3v) is 3.16. The molecule has 1 unspecified atom stereocenters. The predicted molar refractivity (Wildman–Crippen MR) is 71.8 cm³/mol. The van der Waals surface area contributed by atoms with E-state index in [2.05, 4.69) is 4.98 Å². The van der Waals surface area contributed by atoms with Gasteiger partial charge in [-0.15, -0.1) is 0 Å². The number of rotatable bonds is 6. The van der Waals surface area contributed by atoms with E-state index < -0.39 is 36.2 Å². The Balaban J connectivity index is 2.28. The quantitative estimate of drug-likeness (QED) is 0.576. The molecule has 7 heteroatoms. The molecule has 2 rings (SSSR count). The summed E-state index contributed by atoms with van der Waals surface area (Å²) in [7, 11) is 0. The molecule has 1 heterocycles. The van der Waals surface area contributed by atoms with Crippen molar-refractivity contribution in [3.8, 4) is 0 Å². The van der Waals surface area contributed by atoms with Gasteiger partial charge >= 0.3 is 11.9 Å². The van der Waals surface area contributed by atoms with E-state index in [1.165, 1.54) is 0 Å². The number of carbonyl (C=O) groups is 3. The number of Topliss-reactive ketones (excluding diaryl/α,β-unsaturated/α-hetero) is 1. The Labute approximate surface area is 118 Å². The average molecular weight is 291 g/mol. The van der Waals surface area contributed by atoms with Crippen LogP contribution in [0.5, 0.6) is 0 Å². The van der Waals surface area contributed by atoms with Crippen molar-refractivity contribution in [2.45, 2.75) is 18.4 Å². The number of H-pyrrole nitrogens is 1. The van der Waals surface area contributed by atoms with E-state index >= 15 is 0 Å². The van der Waals surface area contributed by atoms with E-state index in [-0.39, 0.29) is 0 Å². The number of hydrogen-bond donors (Lipinski definition) is 4. The highest BCUT2D eigenvalue weighted by Crippen LogP contribution is 2.22. The van der Waals surface area contributed by atoms with Crippen LogP contribution in [0, 0.1) is 0 Å².